The van der Waals surface area contributed by atoms with Crippen LogP contribution in [0.15, 0.2) is 0 Å². The molecule has 1 saturated heterocycles. The van der Waals surface area contributed by atoms with Gasteiger partial charge in [0.05, 0.1) is 0 Å². The van der Waals surface area contributed by atoms with E-state index in [0.717, 1.165) is 19.5 Å². The molecule has 0 radical (unpaired) electrons. The first-order valence-corrected chi connectivity index (χ1v) is 7.80. The Labute approximate surface area is 123 Å². The SMILES string of the molecule is CC(CC1CCCN1)NCCCNC(=O)OC(C)(C)C. The van der Waals surface area contributed by atoms with Crippen molar-refractivity contribution in [1.82, 2.24) is 16.0 Å². The molecule has 1 rings (SSSR count). The molecule has 0 aromatic carbocycles. The molecule has 0 aromatic rings. The van der Waals surface area contributed by atoms with Crippen molar-refractivity contribution in [2.24, 2.45) is 0 Å². The highest BCUT2D eigenvalue weighted by molar-refractivity contribution is 5.67. The van der Waals surface area contributed by atoms with Crippen molar-refractivity contribution in [2.45, 2.75) is 71.1 Å². The van der Waals surface area contributed by atoms with Crippen LogP contribution < -0.4 is 16.0 Å². The molecular weight excluding hydrogens is 254 g/mol. The molecule has 0 aromatic heterocycles. The maximum atomic E-state index is 11.4. The molecule has 3 N–H and O–H groups in total. The van der Waals surface area contributed by atoms with Gasteiger partial charge in [-0.15, -0.1) is 0 Å². The average Bonchev–Trinajstić information content (AvgIpc) is 2.78. The number of hydrogen-bond acceptors (Lipinski definition) is 4. The summed E-state index contributed by atoms with van der Waals surface area (Å²) >= 11 is 0. The van der Waals surface area contributed by atoms with E-state index < -0.39 is 5.60 Å². The molecule has 5 heteroatoms. The lowest BCUT2D eigenvalue weighted by Gasteiger charge is -2.20. The summed E-state index contributed by atoms with van der Waals surface area (Å²) in [7, 11) is 0. The van der Waals surface area contributed by atoms with E-state index in [9.17, 15) is 4.79 Å². The predicted octanol–water partition coefficient (Wildman–Crippen LogP) is 2.02. The van der Waals surface area contributed by atoms with E-state index in [4.69, 9.17) is 4.74 Å². The summed E-state index contributed by atoms with van der Waals surface area (Å²) in [6.07, 6.45) is 4.37. The van der Waals surface area contributed by atoms with Gasteiger partial charge in [0.15, 0.2) is 0 Å². The van der Waals surface area contributed by atoms with E-state index >= 15 is 0 Å². The van der Waals surface area contributed by atoms with Crippen LogP contribution in [0.25, 0.3) is 0 Å². The summed E-state index contributed by atoms with van der Waals surface area (Å²) in [5.74, 6) is 0. The van der Waals surface area contributed by atoms with Gasteiger partial charge in [0.25, 0.3) is 0 Å². The van der Waals surface area contributed by atoms with Gasteiger partial charge in [0, 0.05) is 18.6 Å². The number of hydrogen-bond donors (Lipinski definition) is 3. The molecule has 5 nitrogen and oxygen atoms in total. The Morgan fingerprint density at radius 2 is 2.15 bits per heavy atom. The fourth-order valence-corrected chi connectivity index (χ4v) is 2.41. The van der Waals surface area contributed by atoms with Crippen LogP contribution in [0.5, 0.6) is 0 Å². The molecule has 118 valence electrons. The lowest BCUT2D eigenvalue weighted by atomic mass is 10.1. The van der Waals surface area contributed by atoms with Crippen molar-refractivity contribution in [3.63, 3.8) is 0 Å². The van der Waals surface area contributed by atoms with E-state index in [2.05, 4.69) is 22.9 Å². The van der Waals surface area contributed by atoms with Crippen molar-refractivity contribution in [1.29, 1.82) is 0 Å². The minimum atomic E-state index is -0.425. The van der Waals surface area contributed by atoms with Gasteiger partial charge in [0.2, 0.25) is 0 Å². The third kappa shape index (κ3) is 8.38. The van der Waals surface area contributed by atoms with Crippen molar-refractivity contribution >= 4 is 6.09 Å². The maximum Gasteiger partial charge on any atom is 0.407 e. The quantitative estimate of drug-likeness (QED) is 0.626. The molecular formula is C15H31N3O2. The molecule has 1 aliphatic heterocycles. The van der Waals surface area contributed by atoms with Gasteiger partial charge < -0.3 is 20.7 Å². The van der Waals surface area contributed by atoms with Crippen molar-refractivity contribution in [3.8, 4) is 0 Å². The van der Waals surface area contributed by atoms with Gasteiger partial charge in [-0.3, -0.25) is 0 Å². The Morgan fingerprint density at radius 1 is 1.40 bits per heavy atom. The summed E-state index contributed by atoms with van der Waals surface area (Å²) in [5, 5.41) is 9.78. The molecule has 0 bridgehead atoms. The van der Waals surface area contributed by atoms with Gasteiger partial charge in [-0.25, -0.2) is 4.79 Å². The van der Waals surface area contributed by atoms with Crippen molar-refractivity contribution < 1.29 is 9.53 Å². The number of alkyl carbamates (subject to hydrolysis) is 1. The van der Waals surface area contributed by atoms with Crippen LogP contribution in [-0.4, -0.2) is 43.4 Å². The van der Waals surface area contributed by atoms with Crippen LogP contribution in [0, 0.1) is 0 Å². The second-order valence-corrected chi connectivity index (χ2v) is 6.67. The summed E-state index contributed by atoms with van der Waals surface area (Å²) in [5.41, 5.74) is -0.425. The molecule has 1 aliphatic rings. The summed E-state index contributed by atoms with van der Waals surface area (Å²) < 4.78 is 5.18. The first kappa shape index (κ1) is 17.2. The highest BCUT2D eigenvalue weighted by Crippen LogP contribution is 2.10. The van der Waals surface area contributed by atoms with Crippen LogP contribution in [-0.2, 0) is 4.74 Å². The number of amides is 1. The summed E-state index contributed by atoms with van der Waals surface area (Å²) in [4.78, 5) is 11.4. The summed E-state index contributed by atoms with van der Waals surface area (Å²) in [6.45, 7) is 10.6. The Hall–Kier alpha value is -0.810. The fourth-order valence-electron chi connectivity index (χ4n) is 2.41. The average molecular weight is 285 g/mol. The molecule has 0 aliphatic carbocycles. The first-order valence-electron chi connectivity index (χ1n) is 7.80. The minimum absolute atomic E-state index is 0.333. The zero-order valence-electron chi connectivity index (χ0n) is 13.4. The number of rotatable bonds is 7. The zero-order chi connectivity index (χ0) is 15.0. The number of carbonyl (C=O) groups is 1. The smallest absolute Gasteiger partial charge is 0.407 e. The predicted molar refractivity (Wildman–Crippen MR) is 82.0 cm³/mol. The fraction of sp³-hybridized carbons (Fsp3) is 0.933. The van der Waals surface area contributed by atoms with Crippen molar-refractivity contribution in [2.75, 3.05) is 19.6 Å². The minimum Gasteiger partial charge on any atom is -0.444 e. The second-order valence-electron chi connectivity index (χ2n) is 6.67. The Morgan fingerprint density at radius 3 is 2.75 bits per heavy atom. The number of ether oxygens (including phenoxy) is 1. The van der Waals surface area contributed by atoms with Gasteiger partial charge in [0.1, 0.15) is 5.60 Å². The normalized spacial score (nSPS) is 20.7. The Bertz CT molecular complexity index is 283. The largest absolute Gasteiger partial charge is 0.444 e. The van der Waals surface area contributed by atoms with Gasteiger partial charge >= 0.3 is 6.09 Å². The van der Waals surface area contributed by atoms with Crippen molar-refractivity contribution in [3.05, 3.63) is 0 Å². The molecule has 2 unspecified atom stereocenters. The van der Waals surface area contributed by atoms with Gasteiger partial charge in [-0.1, -0.05) is 0 Å². The molecule has 1 heterocycles. The lowest BCUT2D eigenvalue weighted by molar-refractivity contribution is 0.0527. The van der Waals surface area contributed by atoms with Gasteiger partial charge in [-0.2, -0.15) is 0 Å². The Balaban J connectivity index is 1.97. The van der Waals surface area contributed by atoms with Crippen LogP contribution in [0.2, 0.25) is 0 Å². The third-order valence-corrected chi connectivity index (χ3v) is 3.32. The first-order chi connectivity index (χ1) is 9.37. The van der Waals surface area contributed by atoms with Crippen LogP contribution in [0.1, 0.15) is 53.4 Å². The number of nitrogens with one attached hydrogen (secondary N) is 3. The summed E-state index contributed by atoms with van der Waals surface area (Å²) in [6, 6.07) is 1.20. The third-order valence-electron chi connectivity index (χ3n) is 3.32. The lowest BCUT2D eigenvalue weighted by Crippen LogP contribution is -2.36. The highest BCUT2D eigenvalue weighted by Gasteiger charge is 2.17. The second kappa shape index (κ2) is 8.47. The highest BCUT2D eigenvalue weighted by atomic mass is 16.6. The standard InChI is InChI=1S/C15H31N3O2/c1-12(11-13-7-5-8-17-13)16-9-6-10-18-14(19)20-15(2,3)4/h12-13,16-17H,5-11H2,1-4H3,(H,18,19). The maximum absolute atomic E-state index is 11.4. The van der Waals surface area contributed by atoms with Crippen LogP contribution in [0.4, 0.5) is 4.79 Å². The Kier molecular flexibility index (Phi) is 7.30. The van der Waals surface area contributed by atoms with E-state index in [1.54, 1.807) is 0 Å². The molecule has 0 spiro atoms. The van der Waals surface area contributed by atoms with Gasteiger partial charge in [-0.05, 0) is 66.5 Å². The van der Waals surface area contributed by atoms with Crippen LogP contribution >= 0.6 is 0 Å². The molecule has 20 heavy (non-hydrogen) atoms. The van der Waals surface area contributed by atoms with E-state index in [1.165, 1.54) is 19.3 Å². The molecule has 2 atom stereocenters. The van der Waals surface area contributed by atoms with E-state index in [0.29, 0.717) is 18.6 Å². The zero-order valence-corrected chi connectivity index (χ0v) is 13.4. The molecule has 1 amide bonds. The molecule has 0 saturated carbocycles. The number of carbonyl (C=O) groups excluding carboxylic acids is 1. The van der Waals surface area contributed by atoms with E-state index in [1.807, 2.05) is 20.8 Å². The monoisotopic (exact) mass is 285 g/mol. The van der Waals surface area contributed by atoms with Crippen LogP contribution in [0.3, 0.4) is 0 Å². The van der Waals surface area contributed by atoms with E-state index in [-0.39, 0.29) is 6.09 Å². The topological polar surface area (TPSA) is 62.4 Å². The molecule has 1 fully saturated rings.